The van der Waals surface area contributed by atoms with Gasteiger partial charge in [0.2, 0.25) is 0 Å². The van der Waals surface area contributed by atoms with Crippen LogP contribution in [-0.4, -0.2) is 16.4 Å². The molecule has 1 fully saturated rings. The SMILES string of the molecule is N[C@H]1CCCC[C@H]1CSc1ccc(-n2ccccc2=O)cc1. The van der Waals surface area contributed by atoms with Crippen LogP contribution in [0.1, 0.15) is 25.7 Å². The first-order chi connectivity index (χ1) is 10.7. The minimum atomic E-state index is -0.00363. The van der Waals surface area contributed by atoms with E-state index >= 15 is 0 Å². The minimum Gasteiger partial charge on any atom is -0.327 e. The Morgan fingerprint density at radius 2 is 1.86 bits per heavy atom. The third-order valence-corrected chi connectivity index (χ3v) is 5.57. The molecule has 0 radical (unpaired) electrons. The Hall–Kier alpha value is -1.52. The van der Waals surface area contributed by atoms with Gasteiger partial charge in [-0.05, 0) is 49.1 Å². The smallest absolute Gasteiger partial charge is 0.255 e. The van der Waals surface area contributed by atoms with Crippen LogP contribution < -0.4 is 11.3 Å². The molecule has 0 spiro atoms. The van der Waals surface area contributed by atoms with E-state index in [9.17, 15) is 4.79 Å². The molecule has 1 aromatic heterocycles. The van der Waals surface area contributed by atoms with Crippen molar-refractivity contribution in [3.63, 3.8) is 0 Å². The maximum atomic E-state index is 11.8. The van der Waals surface area contributed by atoms with Gasteiger partial charge in [-0.25, -0.2) is 0 Å². The zero-order valence-electron chi connectivity index (χ0n) is 12.7. The summed E-state index contributed by atoms with van der Waals surface area (Å²) < 4.78 is 1.66. The molecule has 0 unspecified atom stereocenters. The summed E-state index contributed by atoms with van der Waals surface area (Å²) in [6.45, 7) is 0. The van der Waals surface area contributed by atoms with Gasteiger partial charge in [0.25, 0.3) is 5.56 Å². The lowest BCUT2D eigenvalue weighted by Gasteiger charge is -2.28. The monoisotopic (exact) mass is 314 g/mol. The van der Waals surface area contributed by atoms with Crippen molar-refractivity contribution >= 4 is 11.8 Å². The second-order valence-corrected chi connectivity index (χ2v) is 7.02. The first kappa shape index (κ1) is 15.4. The van der Waals surface area contributed by atoms with Gasteiger partial charge in [0, 0.05) is 34.6 Å². The molecule has 2 aromatic rings. The topological polar surface area (TPSA) is 48.0 Å². The van der Waals surface area contributed by atoms with Crippen molar-refractivity contribution in [3.8, 4) is 5.69 Å². The molecule has 3 rings (SSSR count). The Bertz CT molecular complexity index is 665. The molecule has 0 saturated heterocycles. The molecule has 1 aliphatic rings. The van der Waals surface area contributed by atoms with E-state index in [0.717, 1.165) is 11.4 Å². The van der Waals surface area contributed by atoms with Gasteiger partial charge in [-0.1, -0.05) is 18.9 Å². The number of hydrogen-bond donors (Lipinski definition) is 1. The summed E-state index contributed by atoms with van der Waals surface area (Å²) in [6.07, 6.45) is 6.82. The summed E-state index contributed by atoms with van der Waals surface area (Å²) >= 11 is 1.87. The predicted molar refractivity (Wildman–Crippen MR) is 92.7 cm³/mol. The predicted octanol–water partition coefficient (Wildman–Crippen LogP) is 3.45. The maximum Gasteiger partial charge on any atom is 0.255 e. The second-order valence-electron chi connectivity index (χ2n) is 5.92. The van der Waals surface area contributed by atoms with Gasteiger partial charge in [-0.2, -0.15) is 0 Å². The van der Waals surface area contributed by atoms with Crippen molar-refractivity contribution in [2.45, 2.75) is 36.6 Å². The molecule has 116 valence electrons. The van der Waals surface area contributed by atoms with Gasteiger partial charge in [0.1, 0.15) is 0 Å². The van der Waals surface area contributed by atoms with E-state index in [-0.39, 0.29) is 5.56 Å². The van der Waals surface area contributed by atoms with Crippen molar-refractivity contribution in [3.05, 3.63) is 59.0 Å². The number of nitrogens with zero attached hydrogens (tertiary/aromatic N) is 1. The average Bonchev–Trinajstić information content (AvgIpc) is 2.55. The van der Waals surface area contributed by atoms with Crippen LogP contribution in [0.2, 0.25) is 0 Å². The Labute approximate surface area is 135 Å². The van der Waals surface area contributed by atoms with Gasteiger partial charge in [0.05, 0.1) is 0 Å². The number of hydrogen-bond acceptors (Lipinski definition) is 3. The number of benzene rings is 1. The van der Waals surface area contributed by atoms with Crippen molar-refractivity contribution in [1.29, 1.82) is 0 Å². The highest BCUT2D eigenvalue weighted by atomic mass is 32.2. The fourth-order valence-electron chi connectivity index (χ4n) is 2.99. The van der Waals surface area contributed by atoms with Crippen molar-refractivity contribution < 1.29 is 0 Å². The van der Waals surface area contributed by atoms with Crippen LogP contribution in [0.25, 0.3) is 5.69 Å². The number of pyridine rings is 1. The first-order valence-corrected chi connectivity index (χ1v) is 8.89. The molecular formula is C18H22N2OS. The molecule has 1 heterocycles. The average molecular weight is 314 g/mol. The standard InChI is InChI=1S/C18H22N2OS/c19-17-6-2-1-5-14(17)13-22-16-10-8-15(9-11-16)20-12-4-3-7-18(20)21/h3-4,7-12,14,17H,1-2,5-6,13,19H2/t14-,17-/m0/s1. The molecule has 1 aromatic carbocycles. The Kier molecular flexibility index (Phi) is 5.01. The van der Waals surface area contributed by atoms with Crippen molar-refractivity contribution in [1.82, 2.24) is 4.57 Å². The van der Waals surface area contributed by atoms with Crippen molar-refractivity contribution in [2.75, 3.05) is 5.75 Å². The molecule has 0 amide bonds. The molecule has 4 heteroatoms. The molecule has 1 aliphatic carbocycles. The largest absolute Gasteiger partial charge is 0.327 e. The van der Waals surface area contributed by atoms with Gasteiger partial charge in [-0.3, -0.25) is 9.36 Å². The van der Waals surface area contributed by atoms with Crippen LogP contribution in [0.4, 0.5) is 0 Å². The van der Waals surface area contributed by atoms with E-state index in [1.54, 1.807) is 22.9 Å². The Balaban J connectivity index is 1.64. The zero-order chi connectivity index (χ0) is 15.4. The molecule has 1 saturated carbocycles. The van der Waals surface area contributed by atoms with Gasteiger partial charge in [-0.15, -0.1) is 11.8 Å². The number of aromatic nitrogens is 1. The summed E-state index contributed by atoms with van der Waals surface area (Å²) in [5.74, 6) is 1.72. The van der Waals surface area contributed by atoms with Gasteiger partial charge < -0.3 is 5.73 Å². The summed E-state index contributed by atoms with van der Waals surface area (Å²) in [7, 11) is 0. The Morgan fingerprint density at radius 1 is 1.09 bits per heavy atom. The summed E-state index contributed by atoms with van der Waals surface area (Å²) in [5, 5.41) is 0. The van der Waals surface area contributed by atoms with E-state index in [0.29, 0.717) is 12.0 Å². The fraction of sp³-hybridized carbons (Fsp3) is 0.389. The van der Waals surface area contributed by atoms with E-state index in [2.05, 4.69) is 12.1 Å². The first-order valence-electron chi connectivity index (χ1n) is 7.90. The van der Waals surface area contributed by atoms with E-state index in [1.807, 2.05) is 30.0 Å². The molecule has 0 bridgehead atoms. The number of nitrogens with two attached hydrogens (primary N) is 1. The van der Waals surface area contributed by atoms with Crippen LogP contribution in [0.3, 0.4) is 0 Å². The van der Waals surface area contributed by atoms with Crippen LogP contribution in [0, 0.1) is 5.92 Å². The zero-order valence-corrected chi connectivity index (χ0v) is 13.5. The highest BCUT2D eigenvalue weighted by Gasteiger charge is 2.21. The fourth-order valence-corrected chi connectivity index (χ4v) is 4.14. The minimum absolute atomic E-state index is 0.00363. The van der Waals surface area contributed by atoms with Crippen molar-refractivity contribution in [2.24, 2.45) is 11.7 Å². The van der Waals surface area contributed by atoms with Crippen LogP contribution in [0.5, 0.6) is 0 Å². The Morgan fingerprint density at radius 3 is 2.59 bits per heavy atom. The highest BCUT2D eigenvalue weighted by Crippen LogP contribution is 2.29. The van der Waals surface area contributed by atoms with E-state index < -0.39 is 0 Å². The normalized spacial score (nSPS) is 21.7. The molecule has 2 atom stereocenters. The van der Waals surface area contributed by atoms with Crippen LogP contribution in [0.15, 0.2) is 58.4 Å². The number of rotatable bonds is 4. The summed E-state index contributed by atoms with van der Waals surface area (Å²) in [5.41, 5.74) is 7.11. The molecule has 0 aliphatic heterocycles. The van der Waals surface area contributed by atoms with E-state index in [4.69, 9.17) is 5.73 Å². The van der Waals surface area contributed by atoms with Crippen LogP contribution >= 0.6 is 11.8 Å². The highest BCUT2D eigenvalue weighted by molar-refractivity contribution is 7.99. The molecule has 3 nitrogen and oxygen atoms in total. The molecule has 2 N–H and O–H groups in total. The van der Waals surface area contributed by atoms with Gasteiger partial charge in [0.15, 0.2) is 0 Å². The third-order valence-electron chi connectivity index (χ3n) is 4.37. The molecular weight excluding hydrogens is 292 g/mol. The number of thioether (sulfide) groups is 1. The lowest BCUT2D eigenvalue weighted by atomic mass is 9.86. The maximum absolute atomic E-state index is 11.8. The second kappa shape index (κ2) is 7.16. The van der Waals surface area contributed by atoms with Crippen LogP contribution in [-0.2, 0) is 0 Å². The lowest BCUT2D eigenvalue weighted by molar-refractivity contribution is 0.336. The third kappa shape index (κ3) is 3.62. The van der Waals surface area contributed by atoms with Gasteiger partial charge >= 0.3 is 0 Å². The summed E-state index contributed by atoms with van der Waals surface area (Å²) in [6, 6.07) is 13.8. The molecule has 22 heavy (non-hydrogen) atoms. The lowest BCUT2D eigenvalue weighted by Crippen LogP contribution is -2.34. The summed E-state index contributed by atoms with van der Waals surface area (Å²) in [4.78, 5) is 13.1. The quantitative estimate of drug-likeness (QED) is 0.879. The van der Waals surface area contributed by atoms with E-state index in [1.165, 1.54) is 30.6 Å².